The summed E-state index contributed by atoms with van der Waals surface area (Å²) < 4.78 is 5.24. The Morgan fingerprint density at radius 2 is 2.16 bits per heavy atom. The molecule has 2 heterocycles. The Balaban J connectivity index is 1.74. The molecule has 0 bridgehead atoms. The number of carbonyl (C=O) groups is 1. The summed E-state index contributed by atoms with van der Waals surface area (Å²) in [7, 11) is 1.61. The first-order chi connectivity index (χ1) is 12.2. The highest BCUT2D eigenvalue weighted by Gasteiger charge is 2.17. The fourth-order valence-electron chi connectivity index (χ4n) is 2.68. The predicted molar refractivity (Wildman–Crippen MR) is 95.4 cm³/mol. The Bertz CT molecular complexity index is 845. The van der Waals surface area contributed by atoms with Crippen molar-refractivity contribution in [2.24, 2.45) is 0 Å². The molecule has 0 spiro atoms. The van der Waals surface area contributed by atoms with Gasteiger partial charge in [0, 0.05) is 24.0 Å². The fraction of sp³-hybridized carbons (Fsp3) is 0.211. The van der Waals surface area contributed by atoms with Gasteiger partial charge >= 0.3 is 0 Å². The largest absolute Gasteiger partial charge is 0.497 e. The molecule has 0 radical (unpaired) electrons. The second kappa shape index (κ2) is 7.61. The van der Waals surface area contributed by atoms with Crippen molar-refractivity contribution in [3.05, 3.63) is 66.1 Å². The minimum Gasteiger partial charge on any atom is -0.497 e. The van der Waals surface area contributed by atoms with Gasteiger partial charge in [0.05, 0.1) is 24.6 Å². The highest BCUT2D eigenvalue weighted by atomic mass is 16.5. The van der Waals surface area contributed by atoms with E-state index >= 15 is 0 Å². The van der Waals surface area contributed by atoms with E-state index in [1.807, 2.05) is 49.5 Å². The van der Waals surface area contributed by atoms with Crippen LogP contribution in [0.2, 0.25) is 0 Å². The van der Waals surface area contributed by atoms with Gasteiger partial charge in [-0.05, 0) is 37.1 Å². The summed E-state index contributed by atoms with van der Waals surface area (Å²) >= 11 is 0. The maximum Gasteiger partial charge on any atom is 0.255 e. The molecular formula is C19H20N4O2. The van der Waals surface area contributed by atoms with Gasteiger partial charge in [0.25, 0.3) is 5.91 Å². The third-order valence-electron chi connectivity index (χ3n) is 3.88. The van der Waals surface area contributed by atoms with E-state index < -0.39 is 0 Å². The van der Waals surface area contributed by atoms with Crippen LogP contribution < -0.4 is 10.1 Å². The van der Waals surface area contributed by atoms with E-state index in [0.29, 0.717) is 17.7 Å². The summed E-state index contributed by atoms with van der Waals surface area (Å²) in [6.45, 7) is 1.97. The monoisotopic (exact) mass is 336 g/mol. The molecule has 1 atom stereocenters. The van der Waals surface area contributed by atoms with E-state index in [1.165, 1.54) is 0 Å². The zero-order valence-corrected chi connectivity index (χ0v) is 14.2. The number of nitrogens with zero attached hydrogens (tertiary/aromatic N) is 2. The van der Waals surface area contributed by atoms with Crippen molar-refractivity contribution in [1.29, 1.82) is 0 Å². The molecule has 0 aliphatic rings. The quantitative estimate of drug-likeness (QED) is 0.725. The van der Waals surface area contributed by atoms with Crippen molar-refractivity contribution < 1.29 is 9.53 Å². The highest BCUT2D eigenvalue weighted by molar-refractivity contribution is 5.99. The van der Waals surface area contributed by atoms with E-state index in [9.17, 15) is 4.79 Å². The van der Waals surface area contributed by atoms with Crippen molar-refractivity contribution in [3.63, 3.8) is 0 Å². The standard InChI is InChI=1S/C19H20N4O2/c1-13(9-14-5-4-8-20-11-14)22-19(24)17-12-21-23-18(17)15-6-3-7-16(10-15)25-2/h3-8,10-13H,9H2,1-2H3,(H,21,23)(H,22,24)/t13-/m0/s1. The molecule has 6 heteroatoms. The van der Waals surface area contributed by atoms with Crippen LogP contribution in [-0.2, 0) is 6.42 Å². The van der Waals surface area contributed by atoms with E-state index in [-0.39, 0.29) is 11.9 Å². The Kier molecular flexibility index (Phi) is 5.09. The second-order valence-electron chi connectivity index (χ2n) is 5.83. The molecule has 25 heavy (non-hydrogen) atoms. The van der Waals surface area contributed by atoms with E-state index in [4.69, 9.17) is 4.74 Å². The zero-order valence-electron chi connectivity index (χ0n) is 14.2. The van der Waals surface area contributed by atoms with Crippen molar-refractivity contribution >= 4 is 5.91 Å². The average molecular weight is 336 g/mol. The molecule has 2 aromatic heterocycles. The van der Waals surface area contributed by atoms with Crippen LogP contribution in [0.3, 0.4) is 0 Å². The summed E-state index contributed by atoms with van der Waals surface area (Å²) in [5, 5.41) is 9.94. The number of methoxy groups -OCH3 is 1. The lowest BCUT2D eigenvalue weighted by Crippen LogP contribution is -2.34. The number of benzene rings is 1. The van der Waals surface area contributed by atoms with Gasteiger partial charge in [-0.15, -0.1) is 0 Å². The minimum absolute atomic E-state index is 0.0234. The van der Waals surface area contributed by atoms with E-state index in [0.717, 1.165) is 16.9 Å². The maximum atomic E-state index is 12.6. The number of carbonyl (C=O) groups excluding carboxylic acids is 1. The second-order valence-corrected chi connectivity index (χ2v) is 5.83. The van der Waals surface area contributed by atoms with Crippen LogP contribution in [0.15, 0.2) is 55.0 Å². The third kappa shape index (κ3) is 4.03. The molecule has 6 nitrogen and oxygen atoms in total. The SMILES string of the molecule is COc1cccc(-c2[nH]ncc2C(=O)N[C@@H](C)Cc2cccnc2)c1. The van der Waals surface area contributed by atoms with Crippen LogP contribution in [0.4, 0.5) is 0 Å². The van der Waals surface area contributed by atoms with Gasteiger partial charge in [-0.3, -0.25) is 14.9 Å². The van der Waals surface area contributed by atoms with Crippen LogP contribution in [0.5, 0.6) is 5.75 Å². The Morgan fingerprint density at radius 1 is 1.28 bits per heavy atom. The molecule has 2 N–H and O–H groups in total. The molecule has 3 rings (SSSR count). The minimum atomic E-state index is -0.164. The molecule has 1 aromatic carbocycles. The molecule has 0 fully saturated rings. The topological polar surface area (TPSA) is 79.9 Å². The number of amides is 1. The van der Waals surface area contributed by atoms with Crippen molar-refractivity contribution in [1.82, 2.24) is 20.5 Å². The predicted octanol–water partition coefficient (Wildman–Crippen LogP) is 2.84. The number of hydrogen-bond donors (Lipinski definition) is 2. The summed E-state index contributed by atoms with van der Waals surface area (Å²) in [6, 6.07) is 11.4. The number of rotatable bonds is 6. The van der Waals surface area contributed by atoms with Crippen molar-refractivity contribution in [2.75, 3.05) is 7.11 Å². The Morgan fingerprint density at radius 3 is 2.92 bits per heavy atom. The molecule has 1 amide bonds. The Hall–Kier alpha value is -3.15. The maximum absolute atomic E-state index is 12.6. The van der Waals surface area contributed by atoms with E-state index in [1.54, 1.807) is 19.5 Å². The van der Waals surface area contributed by atoms with E-state index in [2.05, 4.69) is 20.5 Å². The first-order valence-electron chi connectivity index (χ1n) is 8.05. The van der Waals surface area contributed by atoms with Crippen molar-refractivity contribution in [3.8, 4) is 17.0 Å². The average Bonchev–Trinajstić information content (AvgIpc) is 3.12. The van der Waals surface area contributed by atoms with Crippen LogP contribution in [0.25, 0.3) is 11.3 Å². The number of pyridine rings is 1. The normalized spacial score (nSPS) is 11.8. The molecule has 128 valence electrons. The number of H-pyrrole nitrogens is 1. The summed E-state index contributed by atoms with van der Waals surface area (Å²) in [5.74, 6) is 0.561. The third-order valence-corrected chi connectivity index (χ3v) is 3.88. The highest BCUT2D eigenvalue weighted by Crippen LogP contribution is 2.25. The molecular weight excluding hydrogens is 316 g/mol. The first kappa shape index (κ1) is 16.7. The van der Waals surface area contributed by atoms with Gasteiger partial charge < -0.3 is 10.1 Å². The lowest BCUT2D eigenvalue weighted by molar-refractivity contribution is 0.0941. The van der Waals surface area contributed by atoms with Crippen LogP contribution in [0.1, 0.15) is 22.8 Å². The molecule has 0 aliphatic carbocycles. The van der Waals surface area contributed by atoms with Crippen LogP contribution in [0, 0.1) is 0 Å². The number of aromatic nitrogens is 3. The Labute approximate surface area is 146 Å². The van der Waals surface area contributed by atoms with Gasteiger partial charge in [0.15, 0.2) is 0 Å². The number of hydrogen-bond acceptors (Lipinski definition) is 4. The summed E-state index contributed by atoms with van der Waals surface area (Å²) in [6.07, 6.45) is 5.80. The molecule has 0 aliphatic heterocycles. The van der Waals surface area contributed by atoms with Crippen LogP contribution >= 0.6 is 0 Å². The molecule has 0 saturated carbocycles. The van der Waals surface area contributed by atoms with Crippen LogP contribution in [-0.4, -0.2) is 34.2 Å². The lowest BCUT2D eigenvalue weighted by atomic mass is 10.1. The molecule has 0 unspecified atom stereocenters. The van der Waals surface area contributed by atoms with Gasteiger partial charge in [0.2, 0.25) is 0 Å². The first-order valence-corrected chi connectivity index (χ1v) is 8.05. The van der Waals surface area contributed by atoms with Gasteiger partial charge in [-0.1, -0.05) is 18.2 Å². The van der Waals surface area contributed by atoms with Crippen molar-refractivity contribution in [2.45, 2.75) is 19.4 Å². The summed E-state index contributed by atoms with van der Waals surface area (Å²) in [5.41, 5.74) is 3.11. The zero-order chi connectivity index (χ0) is 17.6. The summed E-state index contributed by atoms with van der Waals surface area (Å²) in [4.78, 5) is 16.7. The van der Waals surface area contributed by atoms with Gasteiger partial charge in [-0.25, -0.2) is 0 Å². The fourth-order valence-corrected chi connectivity index (χ4v) is 2.68. The number of ether oxygens (including phenoxy) is 1. The number of aromatic amines is 1. The molecule has 3 aromatic rings. The van der Waals surface area contributed by atoms with Gasteiger partial charge in [-0.2, -0.15) is 5.10 Å². The number of nitrogens with one attached hydrogen (secondary N) is 2. The van der Waals surface area contributed by atoms with Gasteiger partial charge in [0.1, 0.15) is 5.75 Å². The lowest BCUT2D eigenvalue weighted by Gasteiger charge is -2.14. The molecule has 0 saturated heterocycles. The smallest absolute Gasteiger partial charge is 0.255 e.